The summed E-state index contributed by atoms with van der Waals surface area (Å²) >= 11 is 0. The lowest BCUT2D eigenvalue weighted by atomic mass is 9.98. The summed E-state index contributed by atoms with van der Waals surface area (Å²) < 4.78 is 3.92. The van der Waals surface area contributed by atoms with E-state index in [2.05, 4.69) is 50.4 Å². The maximum absolute atomic E-state index is 4.67. The van der Waals surface area contributed by atoms with Crippen LogP contribution in [0.15, 0.2) is 25.0 Å². The molecular weight excluding hydrogens is 312 g/mol. The summed E-state index contributed by atoms with van der Waals surface area (Å²) in [6.45, 7) is 8.90. The molecule has 0 unspecified atom stereocenters. The average Bonchev–Trinajstić information content (AvgIpc) is 3.23. The van der Waals surface area contributed by atoms with Crippen LogP contribution in [-0.2, 0) is 13.0 Å². The number of aryl methyl sites for hydroxylation is 1. The number of rotatable bonds is 3. The lowest BCUT2D eigenvalue weighted by Crippen LogP contribution is -2.38. The van der Waals surface area contributed by atoms with Crippen LogP contribution in [0.5, 0.6) is 0 Å². The fourth-order valence-electron chi connectivity index (χ4n) is 4.54. The van der Waals surface area contributed by atoms with Gasteiger partial charge in [0.05, 0.1) is 17.6 Å². The van der Waals surface area contributed by atoms with E-state index in [-0.39, 0.29) is 0 Å². The van der Waals surface area contributed by atoms with Gasteiger partial charge < -0.3 is 0 Å². The van der Waals surface area contributed by atoms with E-state index >= 15 is 0 Å². The molecule has 5 heterocycles. The molecule has 6 nitrogen and oxygen atoms in total. The number of aromatic nitrogens is 5. The Morgan fingerprint density at radius 2 is 2.16 bits per heavy atom. The minimum absolute atomic E-state index is 0.432. The quantitative estimate of drug-likeness (QED) is 0.739. The van der Waals surface area contributed by atoms with Gasteiger partial charge in [-0.1, -0.05) is 6.58 Å². The third kappa shape index (κ3) is 2.10. The Kier molecular flexibility index (Phi) is 3.12. The zero-order valence-corrected chi connectivity index (χ0v) is 14.7. The van der Waals surface area contributed by atoms with Gasteiger partial charge in [-0.25, -0.2) is 14.2 Å². The van der Waals surface area contributed by atoms with Gasteiger partial charge in [0.2, 0.25) is 0 Å². The van der Waals surface area contributed by atoms with Gasteiger partial charge in [-0.05, 0) is 26.7 Å². The summed E-state index contributed by atoms with van der Waals surface area (Å²) in [6, 6.07) is 3.06. The topological polar surface area (TPSA) is 51.2 Å². The molecule has 0 aromatic carbocycles. The summed E-state index contributed by atoms with van der Waals surface area (Å²) in [5.74, 6) is 0. The number of hydrogen-bond donors (Lipinski definition) is 0. The number of hydrogen-bond acceptors (Lipinski definition) is 4. The highest BCUT2D eigenvalue weighted by atomic mass is 15.3. The Hall–Kier alpha value is -2.47. The minimum Gasteiger partial charge on any atom is -0.288 e. The van der Waals surface area contributed by atoms with Gasteiger partial charge in [0.1, 0.15) is 0 Å². The zero-order valence-electron chi connectivity index (χ0n) is 14.7. The standard InChI is InChI=1S/C19H22N6/c1-4-24-13(3)14(9-21-24)11-23-15-5-6-17(23)16-10-20-19-7-12(2)22-25(19)18(16)8-15/h4,7,9-10,15,17H,1,5-6,8,11H2,2-3H3/t15-,17-/m0/s1. The van der Waals surface area contributed by atoms with Gasteiger partial charge in [0, 0.05) is 60.3 Å². The molecule has 0 spiro atoms. The van der Waals surface area contributed by atoms with Crippen molar-refractivity contribution in [2.24, 2.45) is 0 Å². The van der Waals surface area contributed by atoms with Gasteiger partial charge in [-0.2, -0.15) is 10.2 Å². The van der Waals surface area contributed by atoms with Crippen molar-refractivity contribution >= 4 is 11.8 Å². The molecule has 6 heteroatoms. The van der Waals surface area contributed by atoms with Crippen molar-refractivity contribution in [3.05, 3.63) is 53.2 Å². The molecule has 0 radical (unpaired) electrons. The predicted octanol–water partition coefficient (Wildman–Crippen LogP) is 2.90. The predicted molar refractivity (Wildman–Crippen MR) is 96.1 cm³/mol. The van der Waals surface area contributed by atoms with Crippen LogP contribution in [0.3, 0.4) is 0 Å². The van der Waals surface area contributed by atoms with Crippen LogP contribution in [0.1, 0.15) is 47.1 Å². The van der Waals surface area contributed by atoms with Crippen molar-refractivity contribution in [3.63, 3.8) is 0 Å². The van der Waals surface area contributed by atoms with Crippen LogP contribution in [0.4, 0.5) is 0 Å². The second-order valence-electron chi connectivity index (χ2n) is 7.22. The van der Waals surface area contributed by atoms with E-state index in [0.717, 1.165) is 24.3 Å². The number of nitrogens with zero attached hydrogens (tertiary/aromatic N) is 6. The molecule has 3 aromatic rings. The molecule has 0 saturated carbocycles. The van der Waals surface area contributed by atoms with Crippen molar-refractivity contribution in [1.82, 2.24) is 29.3 Å². The minimum atomic E-state index is 0.432. The molecule has 2 bridgehead atoms. The molecule has 0 aliphatic carbocycles. The van der Waals surface area contributed by atoms with E-state index < -0.39 is 0 Å². The first kappa shape index (κ1) is 14.8. The molecule has 0 N–H and O–H groups in total. The van der Waals surface area contributed by atoms with E-state index in [0.29, 0.717) is 12.1 Å². The van der Waals surface area contributed by atoms with Crippen LogP contribution < -0.4 is 0 Å². The maximum atomic E-state index is 4.67. The summed E-state index contributed by atoms with van der Waals surface area (Å²) in [5.41, 5.74) is 7.15. The molecular formula is C19H22N6. The Morgan fingerprint density at radius 1 is 1.28 bits per heavy atom. The molecule has 3 aromatic heterocycles. The smallest absolute Gasteiger partial charge is 0.155 e. The monoisotopic (exact) mass is 334 g/mol. The summed E-state index contributed by atoms with van der Waals surface area (Å²) in [6.07, 6.45) is 9.28. The molecule has 2 aliphatic rings. The summed E-state index contributed by atoms with van der Waals surface area (Å²) in [7, 11) is 0. The van der Waals surface area contributed by atoms with Gasteiger partial charge in [-0.3, -0.25) is 4.90 Å². The van der Waals surface area contributed by atoms with E-state index in [9.17, 15) is 0 Å². The Balaban J connectivity index is 1.54. The van der Waals surface area contributed by atoms with Crippen molar-refractivity contribution in [3.8, 4) is 0 Å². The Morgan fingerprint density at radius 3 is 2.96 bits per heavy atom. The van der Waals surface area contributed by atoms with Crippen LogP contribution in [0.25, 0.3) is 11.8 Å². The number of fused-ring (bicyclic) bond motifs is 6. The first-order chi connectivity index (χ1) is 12.2. The van der Waals surface area contributed by atoms with Crippen LogP contribution in [0.2, 0.25) is 0 Å². The van der Waals surface area contributed by atoms with Gasteiger partial charge in [-0.15, -0.1) is 0 Å². The summed E-state index contributed by atoms with van der Waals surface area (Å²) in [5, 5.41) is 9.08. The largest absolute Gasteiger partial charge is 0.288 e. The Labute approximate surface area is 146 Å². The highest BCUT2D eigenvalue weighted by Crippen LogP contribution is 2.44. The molecule has 2 atom stereocenters. The molecule has 1 saturated heterocycles. The van der Waals surface area contributed by atoms with E-state index in [1.54, 1.807) is 6.20 Å². The van der Waals surface area contributed by atoms with Gasteiger partial charge in [0.15, 0.2) is 5.65 Å². The normalized spacial score (nSPS) is 22.5. The van der Waals surface area contributed by atoms with Crippen molar-refractivity contribution in [1.29, 1.82) is 0 Å². The van der Waals surface area contributed by atoms with Crippen molar-refractivity contribution in [2.45, 2.75) is 51.7 Å². The third-order valence-electron chi connectivity index (χ3n) is 5.84. The van der Waals surface area contributed by atoms with Gasteiger partial charge >= 0.3 is 0 Å². The van der Waals surface area contributed by atoms with Crippen LogP contribution in [0, 0.1) is 13.8 Å². The highest BCUT2D eigenvalue weighted by molar-refractivity contribution is 5.44. The third-order valence-corrected chi connectivity index (χ3v) is 5.84. The highest BCUT2D eigenvalue weighted by Gasteiger charge is 2.41. The lowest BCUT2D eigenvalue weighted by Gasteiger charge is -2.36. The van der Waals surface area contributed by atoms with Crippen LogP contribution >= 0.6 is 0 Å². The molecule has 2 aliphatic heterocycles. The molecule has 5 rings (SSSR count). The van der Waals surface area contributed by atoms with Crippen molar-refractivity contribution in [2.75, 3.05) is 0 Å². The average molecular weight is 334 g/mol. The van der Waals surface area contributed by atoms with Crippen molar-refractivity contribution < 1.29 is 0 Å². The van der Waals surface area contributed by atoms with Gasteiger partial charge in [0.25, 0.3) is 0 Å². The van der Waals surface area contributed by atoms with E-state index in [1.165, 1.54) is 35.4 Å². The molecule has 1 fully saturated rings. The first-order valence-electron chi connectivity index (χ1n) is 8.91. The fourth-order valence-corrected chi connectivity index (χ4v) is 4.54. The second kappa shape index (κ2) is 5.26. The molecule has 25 heavy (non-hydrogen) atoms. The summed E-state index contributed by atoms with van der Waals surface area (Å²) in [4.78, 5) is 7.28. The Bertz CT molecular complexity index is 981. The lowest BCUT2D eigenvalue weighted by molar-refractivity contribution is 0.165. The first-order valence-corrected chi connectivity index (χ1v) is 8.91. The SMILES string of the molecule is C=Cn1ncc(CN2[C@H]3CC[C@H]2c2cnc4cc(C)nn4c2C3)c1C. The maximum Gasteiger partial charge on any atom is 0.155 e. The van der Waals surface area contributed by atoms with Crippen LogP contribution in [-0.4, -0.2) is 35.3 Å². The zero-order chi connectivity index (χ0) is 17.1. The molecule has 128 valence electrons. The van der Waals surface area contributed by atoms with E-state index in [4.69, 9.17) is 0 Å². The molecule has 0 amide bonds. The van der Waals surface area contributed by atoms with E-state index in [1.807, 2.05) is 17.8 Å². The second-order valence-corrected chi connectivity index (χ2v) is 7.22. The fraction of sp³-hybridized carbons (Fsp3) is 0.421.